The van der Waals surface area contributed by atoms with Crippen LogP contribution < -0.4 is 20.4 Å². The molecule has 2 aliphatic carbocycles. The van der Waals surface area contributed by atoms with Gasteiger partial charge in [-0.3, -0.25) is 29.1 Å². The molecule has 3 aromatic carbocycles. The van der Waals surface area contributed by atoms with E-state index in [9.17, 15) is 49.8 Å². The number of allylic oxidation sites excluding steroid dienone is 2. The number of fused-ring (bicyclic) bond motifs is 15. The Morgan fingerprint density at radius 2 is 1.62 bits per heavy atom. The standard InChI is InChI=1S/C63H77FN6O14/c1-31-12-11-13-32(2)61(80)66-51-42(28-65-69-23-21-68(22-24-69)63(18-19-63)39-16-20-67(29-39)46-27-45-41(26-44(46)64)55(76)43(37(7)71)30-70(45)40-14-15-40)56(77)48-49(57(51)78)54(75)36(6)59-50(48)60(79)62(9,84-59)82-25-17-47(81-10)33(3)58(83-38(8)72)35(5)53(74)34(4)52(31)73/h11-13,17,25-28,30-31,33-35,39-40,47,52-53,58,71,73-75,77-78H,7,14-16,18-24,29H2,1-6,8-10H3,(H,66,80)/b12-11+,25-17+,32-13-,65-28+/t31-,33+,34+,35+,39?,47-,52-,53+,58+,62-/m0/s1. The number of benzene rings is 3. The maximum Gasteiger partial charge on any atom is 0.312 e. The Hall–Kier alpha value is -7.46. The van der Waals surface area contributed by atoms with Gasteiger partial charge in [0.1, 0.15) is 34.9 Å². The normalized spacial score (nSPS) is 30.1. The molecule has 0 spiro atoms. The van der Waals surface area contributed by atoms with E-state index in [-0.39, 0.29) is 78.7 Å². The first-order chi connectivity index (χ1) is 39.8. The van der Waals surface area contributed by atoms with Crippen LogP contribution in [0.25, 0.3) is 27.4 Å². The Bertz CT molecular complexity index is 3520. The van der Waals surface area contributed by atoms with Crippen molar-refractivity contribution in [1.82, 2.24) is 14.5 Å². The van der Waals surface area contributed by atoms with Crippen molar-refractivity contribution in [1.29, 1.82) is 0 Å². The lowest BCUT2D eigenvalue weighted by molar-refractivity contribution is -0.160. The number of hydrogen-bond donors (Lipinski definition) is 7. The van der Waals surface area contributed by atoms with Gasteiger partial charge in [-0.15, -0.1) is 0 Å². The third-order valence-electron chi connectivity index (χ3n) is 18.7. The third-order valence-corrected chi connectivity index (χ3v) is 18.7. The number of carbonyl (C=O) groups excluding carboxylic acids is 3. The Morgan fingerprint density at radius 3 is 2.26 bits per heavy atom. The number of ether oxygens (including phenoxy) is 4. The number of hydrazone groups is 1. The summed E-state index contributed by atoms with van der Waals surface area (Å²) >= 11 is 0. The summed E-state index contributed by atoms with van der Waals surface area (Å²) in [5.41, 5.74) is 0.0129. The number of aliphatic hydroxyl groups excluding tert-OH is 3. The van der Waals surface area contributed by atoms with Gasteiger partial charge < -0.3 is 64.4 Å². The summed E-state index contributed by atoms with van der Waals surface area (Å²) < 4.78 is 42.0. The predicted octanol–water partition coefficient (Wildman–Crippen LogP) is 8.08. The topological polar surface area (TPSA) is 266 Å². The maximum atomic E-state index is 16.1. The monoisotopic (exact) mass is 1160 g/mol. The number of hydrogen-bond acceptors (Lipinski definition) is 18. The molecular weight excluding hydrogens is 1080 g/mol. The minimum Gasteiger partial charge on any atom is -0.508 e. The predicted molar refractivity (Wildman–Crippen MR) is 315 cm³/mol. The first kappa shape index (κ1) is 59.7. The highest BCUT2D eigenvalue weighted by Crippen LogP contribution is 2.56. The van der Waals surface area contributed by atoms with Crippen LogP contribution in [0.1, 0.15) is 114 Å². The molecule has 2 saturated heterocycles. The summed E-state index contributed by atoms with van der Waals surface area (Å²) in [6.07, 6.45) is 10.9. The number of ketones is 1. The first-order valence-electron chi connectivity index (χ1n) is 29.0. The van der Waals surface area contributed by atoms with Crippen molar-refractivity contribution < 1.29 is 68.4 Å². The number of nitrogens with zero attached hydrogens (tertiary/aromatic N) is 5. The van der Waals surface area contributed by atoms with Gasteiger partial charge in [0.05, 0.1) is 69.8 Å². The van der Waals surface area contributed by atoms with Crippen LogP contribution in [0.2, 0.25) is 0 Å². The van der Waals surface area contributed by atoms with E-state index in [2.05, 4.69) is 21.7 Å². The zero-order chi connectivity index (χ0) is 60.6. The van der Waals surface area contributed by atoms with Crippen molar-refractivity contribution in [3.63, 3.8) is 0 Å². The molecule has 4 fully saturated rings. The lowest BCUT2D eigenvalue weighted by Crippen LogP contribution is -2.53. The lowest BCUT2D eigenvalue weighted by Gasteiger charge is -2.41. The van der Waals surface area contributed by atoms with E-state index in [4.69, 9.17) is 24.0 Å². The second-order valence-corrected chi connectivity index (χ2v) is 24.1. The highest BCUT2D eigenvalue weighted by molar-refractivity contribution is 6.24. The van der Waals surface area contributed by atoms with Crippen LogP contribution in [0.3, 0.4) is 0 Å². The van der Waals surface area contributed by atoms with Gasteiger partial charge in [0.2, 0.25) is 0 Å². The number of carbonyl (C=O) groups is 3. The Balaban J connectivity index is 0.945. The summed E-state index contributed by atoms with van der Waals surface area (Å²) in [6, 6.07) is 3.22. The summed E-state index contributed by atoms with van der Waals surface area (Å²) in [5.74, 6) is -9.42. The smallest absolute Gasteiger partial charge is 0.312 e. The molecule has 5 bridgehead atoms. The zero-order valence-electron chi connectivity index (χ0n) is 49.0. The number of phenols is 3. The highest BCUT2D eigenvalue weighted by Gasteiger charge is 2.56. The molecule has 20 nitrogen and oxygen atoms in total. The van der Waals surface area contributed by atoms with Gasteiger partial charge in [0, 0.05) is 124 Å². The number of esters is 1. The number of amides is 1. The average molecular weight is 1160 g/mol. The molecule has 6 heterocycles. The number of piperazine rings is 1. The molecule has 84 heavy (non-hydrogen) atoms. The van der Waals surface area contributed by atoms with Gasteiger partial charge in [-0.05, 0) is 70.1 Å². The van der Waals surface area contributed by atoms with Crippen molar-refractivity contribution >= 4 is 62.7 Å². The molecule has 2 saturated carbocycles. The van der Waals surface area contributed by atoms with E-state index in [1.807, 2.05) is 4.57 Å². The van der Waals surface area contributed by atoms with Crippen LogP contribution >= 0.6 is 0 Å². The number of anilines is 2. The van der Waals surface area contributed by atoms with Crippen molar-refractivity contribution in [2.75, 3.05) is 56.6 Å². The first-order valence-corrected chi connectivity index (χ1v) is 29.0. The zero-order valence-corrected chi connectivity index (χ0v) is 49.0. The summed E-state index contributed by atoms with van der Waals surface area (Å²) in [7, 11) is 1.43. The summed E-state index contributed by atoms with van der Waals surface area (Å²) in [6.45, 7) is 19.4. The van der Waals surface area contributed by atoms with Crippen LogP contribution in [0.15, 0.2) is 70.9 Å². The quantitative estimate of drug-likeness (QED) is 0.0274. The number of aliphatic hydroxyl groups is 3. The van der Waals surface area contributed by atoms with Gasteiger partial charge in [0.25, 0.3) is 11.7 Å². The average Bonchev–Trinajstić information content (AvgIpc) is 2.42. The molecule has 1 unspecified atom stereocenters. The SMILES string of the molecule is C=C(O)c1cn(C2CC2)c2cc(N3CCC(C4(N5CCN(/N=C/c6c7c(O)c8c(O)c(C)c9c(c8c6O)C(=O)[C@@](C)(O/C=C/[C@H](OC)[C@@H](C)[C@@H](OC(C)=O)[C@H](C)[C@H](O)[C@H](C)[C@@H](O)[C@@H](C)/C=C/C=C(/C)C(=O)N7)O9)CC5)CC4)C3)c(F)cc2c1=O. The number of phenolic OH excluding ortho intramolecular Hbond substituents is 3. The molecule has 10 atom stereocenters. The number of aromatic hydroxyl groups is 3. The second kappa shape index (κ2) is 22.8. The van der Waals surface area contributed by atoms with Crippen molar-refractivity contribution in [2.45, 2.75) is 129 Å². The molecule has 7 N–H and O–H groups in total. The molecule has 0 radical (unpaired) electrons. The molecule has 450 valence electrons. The number of halogens is 1. The van der Waals surface area contributed by atoms with Crippen LogP contribution in [0, 0.1) is 42.3 Å². The fraction of sp³-hybridized carbons (Fsp3) is 0.508. The van der Waals surface area contributed by atoms with E-state index in [1.54, 1.807) is 57.1 Å². The van der Waals surface area contributed by atoms with Gasteiger partial charge >= 0.3 is 11.8 Å². The molecule has 21 heteroatoms. The lowest BCUT2D eigenvalue weighted by atomic mass is 9.78. The molecule has 11 rings (SSSR count). The Labute approximate surface area is 486 Å². The Morgan fingerprint density at radius 1 is 0.917 bits per heavy atom. The molecule has 1 amide bonds. The van der Waals surface area contributed by atoms with Gasteiger partial charge in [-0.2, -0.15) is 5.10 Å². The fourth-order valence-corrected chi connectivity index (χ4v) is 13.3. The van der Waals surface area contributed by atoms with Crippen molar-refractivity contribution in [3.8, 4) is 23.0 Å². The van der Waals surface area contributed by atoms with E-state index in [1.165, 1.54) is 65.5 Å². The van der Waals surface area contributed by atoms with Crippen molar-refractivity contribution in [2.24, 2.45) is 34.7 Å². The third kappa shape index (κ3) is 10.7. The van der Waals surface area contributed by atoms with Crippen LogP contribution in [-0.2, 0) is 23.8 Å². The fourth-order valence-electron chi connectivity index (χ4n) is 13.3. The minimum atomic E-state index is -2.11. The number of methoxy groups -OCH3 is 1. The van der Waals surface area contributed by atoms with E-state index in [0.29, 0.717) is 50.5 Å². The highest BCUT2D eigenvalue weighted by atomic mass is 19.1. The molecule has 1 aromatic heterocycles. The minimum absolute atomic E-state index is 0.0241. The van der Waals surface area contributed by atoms with E-state index in [0.717, 1.165) is 32.1 Å². The summed E-state index contributed by atoms with van der Waals surface area (Å²) in [5, 5.41) is 78.9. The second-order valence-electron chi connectivity index (χ2n) is 24.1. The number of rotatable bonds is 9. The number of aromatic nitrogens is 1. The molecule has 7 aliphatic rings. The van der Waals surface area contributed by atoms with Gasteiger partial charge in [-0.1, -0.05) is 52.5 Å². The molecular formula is C63H77FN6O14. The van der Waals surface area contributed by atoms with Gasteiger partial charge in [-0.25, -0.2) is 4.39 Å². The largest absolute Gasteiger partial charge is 0.508 e. The summed E-state index contributed by atoms with van der Waals surface area (Å²) in [4.78, 5) is 59.3. The Kier molecular flexibility index (Phi) is 16.2. The number of nitrogens with one attached hydrogen (secondary N) is 1. The van der Waals surface area contributed by atoms with Crippen LogP contribution in [-0.4, -0.2) is 151 Å². The van der Waals surface area contributed by atoms with Gasteiger partial charge in [0.15, 0.2) is 11.2 Å². The molecule has 4 aromatic rings. The van der Waals surface area contributed by atoms with Crippen molar-refractivity contribution in [3.05, 3.63) is 99.3 Å². The van der Waals surface area contributed by atoms with Crippen LogP contribution in [0.5, 0.6) is 23.0 Å². The van der Waals surface area contributed by atoms with E-state index >= 15 is 4.39 Å². The number of Topliss-reactive ketones (excluding diaryl/α,β-unsaturated/α-hetero) is 1. The van der Waals surface area contributed by atoms with Crippen LogP contribution in [0.4, 0.5) is 15.8 Å². The molecule has 5 aliphatic heterocycles. The van der Waals surface area contributed by atoms with E-state index < -0.39 is 100 Å². The number of pyridine rings is 1. The maximum absolute atomic E-state index is 16.1.